The quantitative estimate of drug-likeness (QED) is 0.784. The molecule has 0 bridgehead atoms. The fraction of sp³-hybridized carbons (Fsp3) is 0.923. The molecule has 0 aromatic rings. The second kappa shape index (κ2) is 5.36. The fourth-order valence-corrected chi connectivity index (χ4v) is 3.55. The molecule has 17 heavy (non-hydrogen) atoms. The van der Waals surface area contributed by atoms with Crippen molar-refractivity contribution < 1.29 is 9.90 Å². The highest BCUT2D eigenvalue weighted by molar-refractivity contribution is 5.73. The summed E-state index contributed by atoms with van der Waals surface area (Å²) in [6.07, 6.45) is 6.81. The first-order valence-corrected chi connectivity index (χ1v) is 6.90. The monoisotopic (exact) mass is 240 g/mol. The largest absolute Gasteiger partial charge is 0.480 e. The van der Waals surface area contributed by atoms with Crippen LogP contribution in [-0.4, -0.2) is 47.2 Å². The summed E-state index contributed by atoms with van der Waals surface area (Å²) in [5.74, 6) is -0.653. The molecular formula is C13H24N2O2. The lowest BCUT2D eigenvalue weighted by atomic mass is 9.78. The van der Waals surface area contributed by atoms with E-state index >= 15 is 0 Å². The third-order valence-electron chi connectivity index (χ3n) is 4.43. The van der Waals surface area contributed by atoms with Crippen LogP contribution in [0.5, 0.6) is 0 Å². The second-order valence-corrected chi connectivity index (χ2v) is 5.42. The summed E-state index contributed by atoms with van der Waals surface area (Å²) in [7, 11) is 0. The number of carboxylic acids is 1. The minimum Gasteiger partial charge on any atom is -0.480 e. The molecule has 0 amide bonds. The molecule has 98 valence electrons. The van der Waals surface area contributed by atoms with Crippen molar-refractivity contribution in [3.63, 3.8) is 0 Å². The Balaban J connectivity index is 2.18. The van der Waals surface area contributed by atoms with E-state index in [9.17, 15) is 9.90 Å². The van der Waals surface area contributed by atoms with Crippen LogP contribution in [0.1, 0.15) is 45.4 Å². The summed E-state index contributed by atoms with van der Waals surface area (Å²) >= 11 is 0. The Morgan fingerprint density at radius 2 is 2.12 bits per heavy atom. The minimum atomic E-state index is -0.653. The van der Waals surface area contributed by atoms with Gasteiger partial charge >= 0.3 is 5.97 Å². The van der Waals surface area contributed by atoms with Gasteiger partial charge in [-0.25, -0.2) is 0 Å². The number of rotatable bonds is 3. The van der Waals surface area contributed by atoms with Crippen LogP contribution in [-0.2, 0) is 4.79 Å². The van der Waals surface area contributed by atoms with E-state index in [1.165, 1.54) is 19.3 Å². The van der Waals surface area contributed by atoms with Gasteiger partial charge in [-0.05, 0) is 19.3 Å². The van der Waals surface area contributed by atoms with Gasteiger partial charge in [-0.1, -0.05) is 26.2 Å². The molecule has 2 aliphatic rings. The highest BCUT2D eigenvalue weighted by atomic mass is 16.4. The van der Waals surface area contributed by atoms with Gasteiger partial charge < -0.3 is 10.4 Å². The van der Waals surface area contributed by atoms with Crippen LogP contribution in [0.15, 0.2) is 0 Å². The van der Waals surface area contributed by atoms with Crippen molar-refractivity contribution >= 4 is 5.97 Å². The SMILES string of the molecule is CCC(C(=O)O)N1CCNCC12CCCCC2. The molecular weight excluding hydrogens is 216 g/mol. The van der Waals surface area contributed by atoms with E-state index in [2.05, 4.69) is 10.2 Å². The number of hydrogen-bond acceptors (Lipinski definition) is 3. The minimum absolute atomic E-state index is 0.121. The number of carbonyl (C=O) groups is 1. The first-order valence-electron chi connectivity index (χ1n) is 6.90. The number of carboxylic acid groups (broad SMARTS) is 1. The van der Waals surface area contributed by atoms with Gasteiger partial charge in [0.05, 0.1) is 0 Å². The predicted octanol–water partition coefficient (Wildman–Crippen LogP) is 1.46. The third kappa shape index (κ3) is 2.47. The van der Waals surface area contributed by atoms with E-state index in [1.807, 2.05) is 6.92 Å². The molecule has 2 rings (SSSR count). The van der Waals surface area contributed by atoms with Crippen LogP contribution in [0.25, 0.3) is 0 Å². The van der Waals surface area contributed by atoms with E-state index in [4.69, 9.17) is 0 Å². The molecule has 1 spiro atoms. The lowest BCUT2D eigenvalue weighted by Crippen LogP contribution is -2.66. The topological polar surface area (TPSA) is 52.6 Å². The van der Waals surface area contributed by atoms with Crippen molar-refractivity contribution in [3.8, 4) is 0 Å². The Labute approximate surface area is 103 Å². The van der Waals surface area contributed by atoms with E-state index in [0.29, 0.717) is 6.42 Å². The van der Waals surface area contributed by atoms with Gasteiger partial charge in [0.1, 0.15) is 6.04 Å². The van der Waals surface area contributed by atoms with Gasteiger partial charge in [0, 0.05) is 25.2 Å². The maximum atomic E-state index is 11.4. The maximum absolute atomic E-state index is 11.4. The Morgan fingerprint density at radius 3 is 2.71 bits per heavy atom. The highest BCUT2D eigenvalue weighted by Crippen LogP contribution is 2.36. The zero-order chi connectivity index (χ0) is 12.3. The lowest BCUT2D eigenvalue weighted by Gasteiger charge is -2.52. The van der Waals surface area contributed by atoms with Gasteiger partial charge in [-0.2, -0.15) is 0 Å². The summed E-state index contributed by atoms with van der Waals surface area (Å²) in [6, 6.07) is -0.296. The number of piperazine rings is 1. The molecule has 2 fully saturated rings. The first-order chi connectivity index (χ1) is 8.19. The van der Waals surface area contributed by atoms with Crippen molar-refractivity contribution in [1.82, 2.24) is 10.2 Å². The molecule has 1 aliphatic carbocycles. The van der Waals surface area contributed by atoms with Crippen molar-refractivity contribution in [1.29, 1.82) is 0 Å². The molecule has 1 saturated heterocycles. The summed E-state index contributed by atoms with van der Waals surface area (Å²) in [5.41, 5.74) is 0.121. The second-order valence-electron chi connectivity index (χ2n) is 5.42. The summed E-state index contributed by atoms with van der Waals surface area (Å²) in [5, 5.41) is 12.8. The zero-order valence-electron chi connectivity index (χ0n) is 10.7. The Hall–Kier alpha value is -0.610. The molecule has 1 heterocycles. The van der Waals surface area contributed by atoms with Crippen LogP contribution in [0, 0.1) is 0 Å². The van der Waals surface area contributed by atoms with Gasteiger partial charge in [0.2, 0.25) is 0 Å². The van der Waals surface area contributed by atoms with Crippen molar-refractivity contribution in [3.05, 3.63) is 0 Å². The van der Waals surface area contributed by atoms with Gasteiger partial charge in [-0.15, -0.1) is 0 Å². The molecule has 1 saturated carbocycles. The van der Waals surface area contributed by atoms with Crippen LogP contribution in [0.3, 0.4) is 0 Å². The Bertz CT molecular complexity index is 266. The molecule has 4 heteroatoms. The van der Waals surface area contributed by atoms with E-state index < -0.39 is 5.97 Å². The third-order valence-corrected chi connectivity index (χ3v) is 4.43. The van der Waals surface area contributed by atoms with E-state index in [1.54, 1.807) is 0 Å². The summed E-state index contributed by atoms with van der Waals surface area (Å²) < 4.78 is 0. The van der Waals surface area contributed by atoms with Gasteiger partial charge in [0.15, 0.2) is 0 Å². The van der Waals surface area contributed by atoms with Crippen molar-refractivity contribution in [2.75, 3.05) is 19.6 Å². The van der Waals surface area contributed by atoms with Crippen LogP contribution < -0.4 is 5.32 Å². The van der Waals surface area contributed by atoms with E-state index in [-0.39, 0.29) is 11.6 Å². The van der Waals surface area contributed by atoms with Crippen LogP contribution in [0.4, 0.5) is 0 Å². The van der Waals surface area contributed by atoms with Crippen LogP contribution >= 0.6 is 0 Å². The van der Waals surface area contributed by atoms with Crippen molar-refractivity contribution in [2.45, 2.75) is 57.0 Å². The van der Waals surface area contributed by atoms with E-state index in [0.717, 1.165) is 32.5 Å². The number of nitrogens with zero attached hydrogens (tertiary/aromatic N) is 1. The summed E-state index contributed by atoms with van der Waals surface area (Å²) in [4.78, 5) is 13.7. The summed E-state index contributed by atoms with van der Waals surface area (Å²) in [6.45, 7) is 4.75. The van der Waals surface area contributed by atoms with Crippen LogP contribution in [0.2, 0.25) is 0 Å². The molecule has 1 aliphatic heterocycles. The highest BCUT2D eigenvalue weighted by Gasteiger charge is 2.44. The molecule has 0 aromatic heterocycles. The first kappa shape index (κ1) is 12.8. The zero-order valence-corrected chi connectivity index (χ0v) is 10.7. The van der Waals surface area contributed by atoms with Gasteiger partial charge in [0.25, 0.3) is 0 Å². The van der Waals surface area contributed by atoms with Gasteiger partial charge in [-0.3, -0.25) is 9.69 Å². The smallest absolute Gasteiger partial charge is 0.320 e. The predicted molar refractivity (Wildman–Crippen MR) is 67.1 cm³/mol. The number of nitrogens with one attached hydrogen (secondary N) is 1. The average molecular weight is 240 g/mol. The molecule has 0 radical (unpaired) electrons. The molecule has 4 nitrogen and oxygen atoms in total. The van der Waals surface area contributed by atoms with Crippen molar-refractivity contribution in [2.24, 2.45) is 0 Å². The Kier molecular flexibility index (Phi) is 4.05. The molecule has 1 atom stereocenters. The number of hydrogen-bond donors (Lipinski definition) is 2. The fourth-order valence-electron chi connectivity index (χ4n) is 3.55. The lowest BCUT2D eigenvalue weighted by molar-refractivity contribution is -0.148. The standard InChI is InChI=1S/C13H24N2O2/c1-2-11(12(16)17)15-9-8-14-10-13(15)6-4-3-5-7-13/h11,14H,2-10H2,1H3,(H,16,17). The molecule has 0 aromatic carbocycles. The normalized spacial score (nSPS) is 26.9. The molecule has 1 unspecified atom stereocenters. The number of aliphatic carboxylic acids is 1. The maximum Gasteiger partial charge on any atom is 0.320 e. The average Bonchev–Trinajstić information content (AvgIpc) is 2.33. The molecule has 2 N–H and O–H groups in total. The Morgan fingerprint density at radius 1 is 1.41 bits per heavy atom.